The number of halogens is 1. The zero-order chi connectivity index (χ0) is 21.1. The quantitative estimate of drug-likeness (QED) is 0.390. The van der Waals surface area contributed by atoms with Crippen molar-refractivity contribution in [3.05, 3.63) is 95.3 Å². The number of nitrogens with zero attached hydrogens (tertiary/aromatic N) is 3. The van der Waals surface area contributed by atoms with E-state index in [2.05, 4.69) is 15.6 Å². The highest BCUT2D eigenvalue weighted by atomic mass is 19.1. The van der Waals surface area contributed by atoms with Gasteiger partial charge in [0.05, 0.1) is 23.7 Å². The smallest absolute Gasteiger partial charge is 0.274 e. The number of furan rings is 1. The van der Waals surface area contributed by atoms with Crippen LogP contribution in [0.15, 0.2) is 76.6 Å². The van der Waals surface area contributed by atoms with Crippen molar-refractivity contribution in [2.75, 3.05) is 0 Å². The average Bonchev–Trinajstić information content (AvgIpc) is 3.36. The summed E-state index contributed by atoms with van der Waals surface area (Å²) in [4.78, 5) is 12.2. The van der Waals surface area contributed by atoms with Crippen LogP contribution in [-0.4, -0.2) is 21.9 Å². The summed E-state index contributed by atoms with van der Waals surface area (Å²) in [5.74, 6) is -0.156. The lowest BCUT2D eigenvalue weighted by Crippen LogP contribution is -2.17. The second-order valence-corrected chi connectivity index (χ2v) is 6.81. The number of aromatic nitrogens is 2. The largest absolute Gasteiger partial charge is 0.469 e. The van der Waals surface area contributed by atoms with Gasteiger partial charge in [0, 0.05) is 17.3 Å². The van der Waals surface area contributed by atoms with Crippen LogP contribution in [0.4, 0.5) is 4.39 Å². The molecule has 4 aromatic rings. The zero-order valence-electron chi connectivity index (χ0n) is 16.5. The molecule has 0 aliphatic heterocycles. The lowest BCUT2D eigenvalue weighted by molar-refractivity contribution is 0.0953. The monoisotopic (exact) mass is 402 g/mol. The number of rotatable bonds is 5. The maximum atomic E-state index is 13.3. The zero-order valence-corrected chi connectivity index (χ0v) is 16.5. The molecule has 0 atom stereocenters. The Hall–Kier alpha value is -4.00. The Balaban J connectivity index is 1.66. The normalized spacial score (nSPS) is 11.2. The Morgan fingerprint density at radius 3 is 2.50 bits per heavy atom. The minimum Gasteiger partial charge on any atom is -0.469 e. The van der Waals surface area contributed by atoms with E-state index in [1.54, 1.807) is 36.0 Å². The summed E-state index contributed by atoms with van der Waals surface area (Å²) in [5, 5.41) is 8.73. The fourth-order valence-electron chi connectivity index (χ4n) is 2.98. The molecule has 0 aliphatic rings. The fourth-order valence-corrected chi connectivity index (χ4v) is 2.98. The van der Waals surface area contributed by atoms with Crippen molar-refractivity contribution < 1.29 is 13.6 Å². The molecule has 2 aromatic heterocycles. The van der Waals surface area contributed by atoms with Crippen LogP contribution in [0.5, 0.6) is 0 Å². The van der Waals surface area contributed by atoms with Gasteiger partial charge in [0.15, 0.2) is 0 Å². The summed E-state index contributed by atoms with van der Waals surface area (Å²) in [6, 6.07) is 15.6. The van der Waals surface area contributed by atoms with Crippen molar-refractivity contribution in [3.8, 4) is 16.9 Å². The highest BCUT2D eigenvalue weighted by Gasteiger charge is 2.13. The van der Waals surface area contributed by atoms with Gasteiger partial charge in [-0.2, -0.15) is 10.2 Å². The number of nitrogens with one attached hydrogen (secondary N) is 1. The lowest BCUT2D eigenvalue weighted by Gasteiger charge is -2.01. The molecule has 1 N–H and O–H groups in total. The van der Waals surface area contributed by atoms with Crippen molar-refractivity contribution in [1.29, 1.82) is 0 Å². The number of benzene rings is 2. The van der Waals surface area contributed by atoms with Crippen LogP contribution in [-0.2, 0) is 0 Å². The van der Waals surface area contributed by atoms with E-state index in [9.17, 15) is 9.18 Å². The number of hydrogen-bond donors (Lipinski definition) is 1. The second-order valence-electron chi connectivity index (χ2n) is 6.81. The number of hydrogen-bond acceptors (Lipinski definition) is 4. The Bertz CT molecular complexity index is 1200. The van der Waals surface area contributed by atoms with Crippen molar-refractivity contribution in [3.63, 3.8) is 0 Å². The molecule has 0 fully saturated rings. The van der Waals surface area contributed by atoms with Gasteiger partial charge in [0.25, 0.3) is 5.91 Å². The Kier molecular flexibility index (Phi) is 5.26. The first kappa shape index (κ1) is 19.3. The molecule has 4 rings (SSSR count). The topological polar surface area (TPSA) is 72.4 Å². The van der Waals surface area contributed by atoms with Crippen LogP contribution in [0.25, 0.3) is 16.9 Å². The van der Waals surface area contributed by atoms with Gasteiger partial charge in [-0.3, -0.25) is 4.79 Å². The second kappa shape index (κ2) is 8.16. The van der Waals surface area contributed by atoms with Crippen LogP contribution in [0.3, 0.4) is 0 Å². The van der Waals surface area contributed by atoms with E-state index in [1.807, 2.05) is 31.2 Å². The molecule has 0 saturated heterocycles. The van der Waals surface area contributed by atoms with E-state index < -0.39 is 0 Å². The summed E-state index contributed by atoms with van der Waals surface area (Å²) in [6.45, 7) is 3.72. The molecule has 0 saturated carbocycles. The molecule has 0 aliphatic carbocycles. The predicted octanol–water partition coefficient (Wildman–Crippen LogP) is 4.65. The molecule has 150 valence electrons. The van der Waals surface area contributed by atoms with Gasteiger partial charge in [0.2, 0.25) is 0 Å². The lowest BCUT2D eigenvalue weighted by atomic mass is 10.1. The molecule has 0 bridgehead atoms. The third-order valence-corrected chi connectivity index (χ3v) is 4.63. The first-order valence-electron chi connectivity index (χ1n) is 9.31. The minimum atomic E-state index is -0.361. The van der Waals surface area contributed by atoms with Crippen LogP contribution in [0.2, 0.25) is 0 Å². The average molecular weight is 402 g/mol. The summed E-state index contributed by atoms with van der Waals surface area (Å²) in [7, 11) is 0. The summed E-state index contributed by atoms with van der Waals surface area (Å²) < 4.78 is 20.1. The van der Waals surface area contributed by atoms with Crippen molar-refractivity contribution in [2.45, 2.75) is 13.8 Å². The van der Waals surface area contributed by atoms with Crippen molar-refractivity contribution in [2.24, 2.45) is 5.10 Å². The van der Waals surface area contributed by atoms with Gasteiger partial charge < -0.3 is 4.42 Å². The highest BCUT2D eigenvalue weighted by Crippen LogP contribution is 2.23. The first-order chi connectivity index (χ1) is 14.5. The number of hydrazone groups is 1. The van der Waals surface area contributed by atoms with E-state index in [0.717, 1.165) is 11.1 Å². The van der Waals surface area contributed by atoms with Gasteiger partial charge in [0.1, 0.15) is 17.3 Å². The minimum absolute atomic E-state index is 0.316. The molecule has 6 nitrogen and oxygen atoms in total. The van der Waals surface area contributed by atoms with E-state index >= 15 is 0 Å². The van der Waals surface area contributed by atoms with Crippen LogP contribution >= 0.6 is 0 Å². The van der Waals surface area contributed by atoms with Gasteiger partial charge in [-0.1, -0.05) is 29.8 Å². The van der Waals surface area contributed by atoms with Crippen LogP contribution in [0, 0.1) is 19.7 Å². The maximum Gasteiger partial charge on any atom is 0.274 e. The molecular formula is C23H19FN4O2. The Morgan fingerprint density at radius 2 is 1.83 bits per heavy atom. The highest BCUT2D eigenvalue weighted by molar-refractivity contribution is 5.96. The van der Waals surface area contributed by atoms with Crippen LogP contribution < -0.4 is 5.43 Å². The third kappa shape index (κ3) is 4.05. The Morgan fingerprint density at radius 1 is 1.10 bits per heavy atom. The molecule has 2 heterocycles. The fraction of sp³-hybridized carbons (Fsp3) is 0.0870. The van der Waals surface area contributed by atoms with Gasteiger partial charge in [-0.15, -0.1) is 0 Å². The van der Waals surface area contributed by atoms with Crippen molar-refractivity contribution in [1.82, 2.24) is 15.2 Å². The number of amides is 1. The van der Waals surface area contributed by atoms with Gasteiger partial charge in [-0.05, 0) is 44.2 Å². The standard InChI is InChI=1S/C23H19FN4O2/c1-15-3-5-17(6-4-15)22-18(13-25-26-23(29)21-11-12-30-16(21)2)14-28(27-22)20-9-7-19(24)8-10-20/h3-14H,1-2H3,(H,26,29)/b25-13-. The predicted molar refractivity (Wildman–Crippen MR) is 112 cm³/mol. The van der Waals surface area contributed by atoms with Gasteiger partial charge in [-0.25, -0.2) is 14.5 Å². The number of carbonyl (C=O) groups excluding carboxylic acids is 1. The SMILES string of the molecule is Cc1ccc(-c2nn(-c3ccc(F)cc3)cc2/C=N\NC(=O)c2ccoc2C)cc1. The maximum absolute atomic E-state index is 13.3. The van der Waals surface area contributed by atoms with Crippen molar-refractivity contribution >= 4 is 12.1 Å². The first-order valence-corrected chi connectivity index (χ1v) is 9.31. The third-order valence-electron chi connectivity index (χ3n) is 4.63. The molecule has 7 heteroatoms. The van der Waals surface area contributed by atoms with Gasteiger partial charge >= 0.3 is 0 Å². The van der Waals surface area contributed by atoms with E-state index in [4.69, 9.17) is 4.42 Å². The summed E-state index contributed by atoms with van der Waals surface area (Å²) in [6.07, 6.45) is 4.77. The number of carbonyl (C=O) groups is 1. The summed E-state index contributed by atoms with van der Waals surface area (Å²) in [5.41, 5.74) is 7.07. The van der Waals surface area contributed by atoms with E-state index in [1.165, 1.54) is 24.6 Å². The molecule has 0 spiro atoms. The molecule has 1 amide bonds. The molecule has 2 aromatic carbocycles. The molecular weight excluding hydrogens is 383 g/mol. The molecule has 30 heavy (non-hydrogen) atoms. The van der Waals surface area contributed by atoms with E-state index in [0.29, 0.717) is 28.3 Å². The Labute approximate surface area is 172 Å². The van der Waals surface area contributed by atoms with Crippen LogP contribution in [0.1, 0.15) is 27.2 Å². The molecule has 0 radical (unpaired) electrons. The summed E-state index contributed by atoms with van der Waals surface area (Å²) >= 11 is 0. The van der Waals surface area contributed by atoms with E-state index in [-0.39, 0.29) is 11.7 Å². The number of aryl methyl sites for hydroxylation is 2. The molecule has 0 unspecified atom stereocenters.